The van der Waals surface area contributed by atoms with Crippen molar-refractivity contribution in [1.29, 1.82) is 0 Å². The van der Waals surface area contributed by atoms with Crippen molar-refractivity contribution in [3.8, 4) is 0 Å². The van der Waals surface area contributed by atoms with Crippen LogP contribution in [0.2, 0.25) is 5.02 Å². The van der Waals surface area contributed by atoms with E-state index in [-0.39, 0.29) is 18.0 Å². The van der Waals surface area contributed by atoms with Crippen LogP contribution in [0, 0.1) is 0 Å². The van der Waals surface area contributed by atoms with Gasteiger partial charge in [-0.25, -0.2) is 0 Å². The summed E-state index contributed by atoms with van der Waals surface area (Å²) in [5.41, 5.74) is -0.909. The molecule has 0 saturated heterocycles. The summed E-state index contributed by atoms with van der Waals surface area (Å²) in [5, 5.41) is 4.96. The molecular weight excluding hydrogens is 309 g/mol. The Labute approximate surface area is 125 Å². The number of rotatable bonds is 7. The molecule has 0 aliphatic carbocycles. The second kappa shape index (κ2) is 8.21. The van der Waals surface area contributed by atoms with Crippen LogP contribution in [0.5, 0.6) is 0 Å². The number of halogens is 4. The first-order chi connectivity index (χ1) is 9.84. The number of hydrogen-bond donors (Lipinski definition) is 2. The van der Waals surface area contributed by atoms with Crippen molar-refractivity contribution in [3.05, 3.63) is 28.8 Å². The summed E-state index contributed by atoms with van der Waals surface area (Å²) in [6, 6.07) is 3.25. The average Bonchev–Trinajstić information content (AvgIpc) is 2.39. The number of anilines is 1. The number of methoxy groups -OCH3 is 1. The van der Waals surface area contributed by atoms with Gasteiger partial charge in [-0.1, -0.05) is 11.6 Å². The third kappa shape index (κ3) is 6.33. The van der Waals surface area contributed by atoms with Crippen LogP contribution in [0.3, 0.4) is 0 Å². The van der Waals surface area contributed by atoms with E-state index < -0.39 is 16.8 Å². The Morgan fingerprint density at radius 2 is 2.05 bits per heavy atom. The monoisotopic (exact) mass is 324 g/mol. The van der Waals surface area contributed by atoms with Crippen LogP contribution >= 0.6 is 11.6 Å². The van der Waals surface area contributed by atoms with Gasteiger partial charge in [-0.05, 0) is 18.2 Å². The molecule has 0 aliphatic rings. The summed E-state index contributed by atoms with van der Waals surface area (Å²) in [4.78, 5) is 11.6. The van der Waals surface area contributed by atoms with Crippen LogP contribution in [-0.4, -0.2) is 32.7 Å². The molecule has 1 aromatic carbocycles. The van der Waals surface area contributed by atoms with E-state index in [1.165, 1.54) is 6.07 Å². The number of ether oxygens (including phenoxy) is 1. The molecule has 0 fully saturated rings. The van der Waals surface area contributed by atoms with Crippen LogP contribution in [-0.2, 0) is 15.7 Å². The van der Waals surface area contributed by atoms with Crippen LogP contribution in [0.1, 0.15) is 12.0 Å². The number of alkyl halides is 3. The zero-order chi connectivity index (χ0) is 15.9. The molecular formula is C13H16ClF3N2O2. The molecule has 1 rings (SSSR count). The van der Waals surface area contributed by atoms with E-state index in [1.807, 2.05) is 0 Å². The lowest BCUT2D eigenvalue weighted by atomic mass is 10.2. The van der Waals surface area contributed by atoms with Crippen molar-refractivity contribution in [2.24, 2.45) is 0 Å². The lowest BCUT2D eigenvalue weighted by molar-refractivity contribution is -0.137. The lowest BCUT2D eigenvalue weighted by Crippen LogP contribution is -2.24. The second-order valence-corrected chi connectivity index (χ2v) is 4.64. The number of amides is 1. The molecule has 8 heteroatoms. The fourth-order valence-corrected chi connectivity index (χ4v) is 1.77. The SMILES string of the molecule is COCCNCCC(=O)Nc1ccc(Cl)c(C(F)(F)F)c1. The molecule has 1 aromatic rings. The van der Waals surface area contributed by atoms with Crippen molar-refractivity contribution in [3.63, 3.8) is 0 Å². The van der Waals surface area contributed by atoms with Crippen LogP contribution in [0.25, 0.3) is 0 Å². The number of carbonyl (C=O) groups is 1. The van der Waals surface area contributed by atoms with Gasteiger partial charge in [-0.15, -0.1) is 0 Å². The largest absolute Gasteiger partial charge is 0.417 e. The van der Waals surface area contributed by atoms with Gasteiger partial charge in [0.1, 0.15) is 0 Å². The maximum Gasteiger partial charge on any atom is 0.417 e. The Morgan fingerprint density at radius 3 is 2.67 bits per heavy atom. The topological polar surface area (TPSA) is 50.4 Å². The second-order valence-electron chi connectivity index (χ2n) is 4.23. The lowest BCUT2D eigenvalue weighted by Gasteiger charge is -2.12. The Bertz CT molecular complexity index is 481. The van der Waals surface area contributed by atoms with E-state index in [0.29, 0.717) is 19.7 Å². The van der Waals surface area contributed by atoms with E-state index in [9.17, 15) is 18.0 Å². The Kier molecular flexibility index (Phi) is 6.94. The molecule has 0 aliphatic heterocycles. The fourth-order valence-electron chi connectivity index (χ4n) is 1.54. The summed E-state index contributed by atoms with van der Waals surface area (Å²) in [6.45, 7) is 1.53. The van der Waals surface area contributed by atoms with Gasteiger partial charge in [-0.3, -0.25) is 4.79 Å². The molecule has 2 N–H and O–H groups in total. The van der Waals surface area contributed by atoms with Gasteiger partial charge in [-0.2, -0.15) is 13.2 Å². The number of hydrogen-bond acceptors (Lipinski definition) is 3. The van der Waals surface area contributed by atoms with Crippen LogP contribution in [0.15, 0.2) is 18.2 Å². The van der Waals surface area contributed by atoms with Crippen molar-refractivity contribution in [2.45, 2.75) is 12.6 Å². The number of benzene rings is 1. The molecule has 21 heavy (non-hydrogen) atoms. The predicted octanol–water partition coefficient (Wildman–Crippen LogP) is 2.92. The standard InChI is InChI=1S/C13H16ClF3N2O2/c1-21-7-6-18-5-4-12(20)19-9-2-3-11(14)10(8-9)13(15,16)17/h2-3,8,18H,4-7H2,1H3,(H,19,20). The maximum atomic E-state index is 12.7. The molecule has 4 nitrogen and oxygen atoms in total. The van der Waals surface area contributed by atoms with Gasteiger partial charge in [0.05, 0.1) is 17.2 Å². The van der Waals surface area contributed by atoms with Crippen molar-refractivity contribution < 1.29 is 22.7 Å². The first kappa shape index (κ1) is 17.7. The number of carbonyl (C=O) groups excluding carboxylic acids is 1. The van der Waals surface area contributed by atoms with E-state index in [2.05, 4.69) is 10.6 Å². The van der Waals surface area contributed by atoms with E-state index in [4.69, 9.17) is 16.3 Å². The minimum Gasteiger partial charge on any atom is -0.383 e. The van der Waals surface area contributed by atoms with Crippen molar-refractivity contribution in [1.82, 2.24) is 5.32 Å². The zero-order valence-corrected chi connectivity index (χ0v) is 12.1. The summed E-state index contributed by atoms with van der Waals surface area (Å²) in [5.74, 6) is -0.379. The minimum absolute atomic E-state index is 0.0635. The van der Waals surface area contributed by atoms with Crippen LogP contribution in [0.4, 0.5) is 18.9 Å². The van der Waals surface area contributed by atoms with Crippen molar-refractivity contribution in [2.75, 3.05) is 32.1 Å². The number of nitrogens with one attached hydrogen (secondary N) is 2. The van der Waals surface area contributed by atoms with E-state index in [1.54, 1.807) is 7.11 Å². The third-order valence-corrected chi connectivity index (χ3v) is 2.90. The fraction of sp³-hybridized carbons (Fsp3) is 0.462. The first-order valence-electron chi connectivity index (χ1n) is 6.21. The van der Waals surface area contributed by atoms with Gasteiger partial charge in [0.2, 0.25) is 5.91 Å². The Balaban J connectivity index is 2.53. The summed E-state index contributed by atoms with van der Waals surface area (Å²) in [7, 11) is 1.56. The van der Waals surface area contributed by atoms with Gasteiger partial charge < -0.3 is 15.4 Å². The van der Waals surface area contributed by atoms with Crippen molar-refractivity contribution >= 4 is 23.2 Å². The normalized spacial score (nSPS) is 11.5. The summed E-state index contributed by atoms with van der Waals surface area (Å²) < 4.78 is 42.8. The summed E-state index contributed by atoms with van der Waals surface area (Å²) >= 11 is 5.49. The molecule has 0 atom stereocenters. The van der Waals surface area contributed by atoms with Gasteiger partial charge >= 0.3 is 6.18 Å². The summed E-state index contributed by atoms with van der Waals surface area (Å²) in [6.07, 6.45) is -4.41. The van der Waals surface area contributed by atoms with Crippen LogP contribution < -0.4 is 10.6 Å². The Hall–Kier alpha value is -1.31. The molecule has 0 heterocycles. The molecule has 0 aromatic heterocycles. The highest BCUT2D eigenvalue weighted by Crippen LogP contribution is 2.36. The zero-order valence-electron chi connectivity index (χ0n) is 11.4. The van der Waals surface area contributed by atoms with E-state index >= 15 is 0 Å². The third-order valence-electron chi connectivity index (χ3n) is 2.57. The highest BCUT2D eigenvalue weighted by molar-refractivity contribution is 6.31. The maximum absolute atomic E-state index is 12.7. The molecule has 0 saturated carbocycles. The smallest absolute Gasteiger partial charge is 0.383 e. The van der Waals surface area contributed by atoms with Gasteiger partial charge in [0.15, 0.2) is 0 Å². The molecule has 0 bridgehead atoms. The molecule has 118 valence electrons. The van der Waals surface area contributed by atoms with Gasteiger partial charge in [0, 0.05) is 32.3 Å². The highest BCUT2D eigenvalue weighted by atomic mass is 35.5. The quantitative estimate of drug-likeness (QED) is 0.758. The minimum atomic E-state index is -4.56. The first-order valence-corrected chi connectivity index (χ1v) is 6.58. The molecule has 0 unspecified atom stereocenters. The van der Waals surface area contributed by atoms with E-state index in [0.717, 1.165) is 12.1 Å². The average molecular weight is 325 g/mol. The molecule has 0 spiro atoms. The highest BCUT2D eigenvalue weighted by Gasteiger charge is 2.33. The predicted molar refractivity (Wildman–Crippen MR) is 74.4 cm³/mol. The molecule has 1 amide bonds. The van der Waals surface area contributed by atoms with Gasteiger partial charge in [0.25, 0.3) is 0 Å². The molecule has 0 radical (unpaired) electrons. The Morgan fingerprint density at radius 1 is 1.33 bits per heavy atom.